The number of piperazine rings is 1. The van der Waals surface area contributed by atoms with E-state index in [4.69, 9.17) is 19.4 Å². The molecule has 1 saturated carbocycles. The monoisotopic (exact) mass is 588 g/mol. The van der Waals surface area contributed by atoms with Crippen molar-refractivity contribution in [3.8, 4) is 0 Å². The minimum atomic E-state index is -0.559. The Morgan fingerprint density at radius 1 is 1.12 bits per heavy atom. The van der Waals surface area contributed by atoms with E-state index in [9.17, 15) is 14.4 Å². The van der Waals surface area contributed by atoms with Gasteiger partial charge in [-0.2, -0.15) is 4.98 Å². The molecule has 2 fully saturated rings. The van der Waals surface area contributed by atoms with Gasteiger partial charge in [0.2, 0.25) is 12.4 Å². The minimum absolute atomic E-state index is 0.00249. The van der Waals surface area contributed by atoms with Crippen molar-refractivity contribution in [2.45, 2.75) is 104 Å². The molecule has 42 heavy (non-hydrogen) atoms. The summed E-state index contributed by atoms with van der Waals surface area (Å²) >= 11 is 0. The number of ketones is 1. The van der Waals surface area contributed by atoms with E-state index in [0.29, 0.717) is 69.7 Å². The van der Waals surface area contributed by atoms with Gasteiger partial charge in [-0.25, -0.2) is 9.78 Å². The van der Waals surface area contributed by atoms with E-state index < -0.39 is 5.60 Å². The van der Waals surface area contributed by atoms with Gasteiger partial charge in [0.1, 0.15) is 17.1 Å². The van der Waals surface area contributed by atoms with Crippen LogP contribution >= 0.6 is 0 Å². The summed E-state index contributed by atoms with van der Waals surface area (Å²) in [6.07, 6.45) is 4.62. The summed E-state index contributed by atoms with van der Waals surface area (Å²) in [6, 6.07) is 1.81. The lowest BCUT2D eigenvalue weighted by molar-refractivity contribution is -0.109. The molecule has 2 aliphatic rings. The van der Waals surface area contributed by atoms with Crippen LogP contribution in [-0.4, -0.2) is 95.8 Å². The van der Waals surface area contributed by atoms with Crippen molar-refractivity contribution in [2.75, 3.05) is 55.7 Å². The van der Waals surface area contributed by atoms with Crippen molar-refractivity contribution in [3.05, 3.63) is 11.8 Å². The van der Waals surface area contributed by atoms with Gasteiger partial charge in [0.05, 0.1) is 11.1 Å². The van der Waals surface area contributed by atoms with Crippen molar-refractivity contribution in [3.63, 3.8) is 0 Å². The molecular formula is C31H52N6O5. The molecule has 0 aromatic carbocycles. The molecule has 2 amide bonds. The highest BCUT2D eigenvalue weighted by Crippen LogP contribution is 2.45. The van der Waals surface area contributed by atoms with Gasteiger partial charge in [-0.1, -0.05) is 20.3 Å². The molecule has 11 nitrogen and oxygen atoms in total. The molecule has 1 aliphatic heterocycles. The lowest BCUT2D eigenvalue weighted by atomic mass is 9.98. The van der Waals surface area contributed by atoms with E-state index in [0.717, 1.165) is 32.1 Å². The normalized spacial score (nSPS) is 17.1. The Bertz CT molecular complexity index is 1080. The molecule has 1 aliphatic carbocycles. The summed E-state index contributed by atoms with van der Waals surface area (Å²) < 4.78 is 11.6. The largest absolute Gasteiger partial charge is 0.444 e. The lowest BCUT2D eigenvalue weighted by Gasteiger charge is -2.43. The molecule has 1 aromatic rings. The van der Waals surface area contributed by atoms with Crippen LogP contribution in [-0.2, 0) is 14.3 Å². The molecule has 1 aromatic heterocycles. The highest BCUT2D eigenvalue weighted by molar-refractivity contribution is 5.96. The Morgan fingerprint density at radius 3 is 2.43 bits per heavy atom. The van der Waals surface area contributed by atoms with Crippen molar-refractivity contribution in [1.82, 2.24) is 20.2 Å². The van der Waals surface area contributed by atoms with Gasteiger partial charge in [-0.05, 0) is 67.2 Å². The Balaban J connectivity index is 1.90. The molecule has 1 N–H and O–H groups in total. The zero-order valence-electron chi connectivity index (χ0n) is 27.0. The van der Waals surface area contributed by atoms with Gasteiger partial charge >= 0.3 is 6.09 Å². The Kier molecular flexibility index (Phi) is 11.2. The molecule has 2 heterocycles. The Hall–Kier alpha value is -2.95. The van der Waals surface area contributed by atoms with Crippen LogP contribution in [0, 0.1) is 5.92 Å². The SMILES string of the molecule is CCCC(C)C(=O)c1cc(N2CCN(C(=O)OC(C)(C)C)C3(CC3)C2)nc(N(CCCOC(C)(C)C)CCNC=O)n1. The maximum atomic E-state index is 13.5. The van der Waals surface area contributed by atoms with Crippen LogP contribution in [0.4, 0.5) is 16.6 Å². The van der Waals surface area contributed by atoms with Crippen LogP contribution in [0.5, 0.6) is 0 Å². The first-order valence-electron chi connectivity index (χ1n) is 15.4. The Morgan fingerprint density at radius 2 is 1.83 bits per heavy atom. The predicted octanol–water partition coefficient (Wildman–Crippen LogP) is 4.44. The number of carbonyl (C=O) groups is 3. The topological polar surface area (TPSA) is 117 Å². The van der Waals surface area contributed by atoms with Gasteiger partial charge < -0.3 is 24.6 Å². The van der Waals surface area contributed by atoms with Gasteiger partial charge in [-0.3, -0.25) is 14.5 Å². The first-order valence-corrected chi connectivity index (χ1v) is 15.4. The average molecular weight is 589 g/mol. The number of nitrogens with zero attached hydrogens (tertiary/aromatic N) is 5. The van der Waals surface area contributed by atoms with Gasteiger partial charge in [-0.15, -0.1) is 0 Å². The van der Waals surface area contributed by atoms with Gasteiger partial charge in [0.25, 0.3) is 0 Å². The van der Waals surface area contributed by atoms with Gasteiger partial charge in [0, 0.05) is 57.9 Å². The summed E-state index contributed by atoms with van der Waals surface area (Å²) in [4.78, 5) is 53.3. The zero-order valence-corrected chi connectivity index (χ0v) is 27.0. The average Bonchev–Trinajstić information content (AvgIpc) is 3.66. The fraction of sp³-hybridized carbons (Fsp3) is 0.774. The zero-order chi connectivity index (χ0) is 31.1. The number of ether oxygens (including phenoxy) is 2. The number of aromatic nitrogens is 2. The summed E-state index contributed by atoms with van der Waals surface area (Å²) in [5.74, 6) is 0.982. The summed E-state index contributed by atoms with van der Waals surface area (Å²) in [6.45, 7) is 19.5. The van der Waals surface area contributed by atoms with Crippen LogP contribution in [0.1, 0.15) is 98.0 Å². The minimum Gasteiger partial charge on any atom is -0.444 e. The van der Waals surface area contributed by atoms with Crippen LogP contribution in [0.3, 0.4) is 0 Å². The standard InChI is InChI=1S/C31H52N6O5/c1-9-11-23(2)26(39)24-20-25(36-17-18-37(31(21-36)12-13-31)28(40)42-30(6,7)8)34-27(33-24)35(16-14-32-22-38)15-10-19-41-29(3,4)5/h20,22-23H,9-19,21H2,1-8H3,(H,32,38). The second-order valence-corrected chi connectivity index (χ2v) is 13.6. The number of anilines is 2. The molecule has 1 spiro atoms. The number of nitrogens with one attached hydrogen (secondary N) is 1. The third-order valence-electron chi connectivity index (χ3n) is 7.54. The molecule has 0 radical (unpaired) electrons. The van der Waals surface area contributed by atoms with E-state index in [1.54, 1.807) is 0 Å². The van der Waals surface area contributed by atoms with Crippen molar-refractivity contribution < 1.29 is 23.9 Å². The molecule has 1 atom stereocenters. The number of hydrogen-bond donors (Lipinski definition) is 1. The second-order valence-electron chi connectivity index (χ2n) is 13.6. The van der Waals surface area contributed by atoms with E-state index in [1.165, 1.54) is 0 Å². The third kappa shape index (κ3) is 9.54. The smallest absolute Gasteiger partial charge is 0.410 e. The molecule has 236 valence electrons. The van der Waals surface area contributed by atoms with E-state index in [2.05, 4.69) is 17.1 Å². The molecular weight excluding hydrogens is 536 g/mol. The van der Waals surface area contributed by atoms with Crippen LogP contribution < -0.4 is 15.1 Å². The molecule has 3 rings (SSSR count). The van der Waals surface area contributed by atoms with Crippen molar-refractivity contribution in [2.24, 2.45) is 5.92 Å². The van der Waals surface area contributed by atoms with E-state index in [1.807, 2.05) is 64.3 Å². The molecule has 11 heteroatoms. The fourth-order valence-electron chi connectivity index (χ4n) is 5.22. The Labute approximate surface area is 251 Å². The first kappa shape index (κ1) is 33.6. The fourth-order valence-corrected chi connectivity index (χ4v) is 5.22. The summed E-state index contributed by atoms with van der Waals surface area (Å²) in [5, 5.41) is 2.73. The number of hydrogen-bond acceptors (Lipinski definition) is 9. The first-order chi connectivity index (χ1) is 19.7. The third-order valence-corrected chi connectivity index (χ3v) is 7.54. The highest BCUT2D eigenvalue weighted by Gasteiger charge is 2.54. The second kappa shape index (κ2) is 14.0. The van der Waals surface area contributed by atoms with Crippen molar-refractivity contribution >= 4 is 30.1 Å². The maximum absolute atomic E-state index is 13.5. The molecule has 0 bridgehead atoms. The number of amides is 2. The summed E-state index contributed by atoms with van der Waals surface area (Å²) in [7, 11) is 0. The molecule has 1 saturated heterocycles. The highest BCUT2D eigenvalue weighted by atomic mass is 16.6. The quantitative estimate of drug-likeness (QED) is 0.191. The van der Waals surface area contributed by atoms with E-state index >= 15 is 0 Å². The number of Topliss-reactive ketones (excluding diaryl/α,β-unsaturated/α-hetero) is 1. The van der Waals surface area contributed by atoms with E-state index in [-0.39, 0.29) is 28.9 Å². The van der Waals surface area contributed by atoms with Crippen LogP contribution in [0.2, 0.25) is 0 Å². The lowest BCUT2D eigenvalue weighted by Crippen LogP contribution is -2.58. The van der Waals surface area contributed by atoms with Crippen molar-refractivity contribution in [1.29, 1.82) is 0 Å². The molecule has 1 unspecified atom stereocenters. The van der Waals surface area contributed by atoms with Crippen LogP contribution in [0.25, 0.3) is 0 Å². The number of rotatable bonds is 14. The maximum Gasteiger partial charge on any atom is 0.410 e. The van der Waals surface area contributed by atoms with Gasteiger partial charge in [0.15, 0.2) is 5.78 Å². The number of carbonyl (C=O) groups excluding carboxylic acids is 3. The summed E-state index contributed by atoms with van der Waals surface area (Å²) in [5.41, 5.74) is -0.690. The predicted molar refractivity (Wildman–Crippen MR) is 164 cm³/mol. The van der Waals surface area contributed by atoms with Crippen LogP contribution in [0.15, 0.2) is 6.07 Å².